The smallest absolute Gasteiger partial charge is 0.455 e. The largest absolute Gasteiger partial charge is 0.462 e. The first-order valence-electron chi connectivity index (χ1n) is 10.2. The Morgan fingerprint density at radius 3 is 2.18 bits per heavy atom. The lowest BCUT2D eigenvalue weighted by Gasteiger charge is -2.33. The first-order chi connectivity index (χ1) is 15.5. The lowest BCUT2D eigenvalue weighted by atomic mass is 9.95. The summed E-state index contributed by atoms with van der Waals surface area (Å²) in [5, 5.41) is -3.17. The molecule has 0 aromatic heterocycles. The molecule has 2 fully saturated rings. The average Bonchev–Trinajstić information content (AvgIpc) is 3.43. The summed E-state index contributed by atoms with van der Waals surface area (Å²) in [5.41, 5.74) is 0. The Labute approximate surface area is 190 Å². The summed E-state index contributed by atoms with van der Waals surface area (Å²) in [6, 6.07) is -0.0995. The molecule has 0 radical (unpaired) electrons. The molecule has 2 N–H and O–H groups in total. The number of alkyl halides is 7. The molecule has 1 aliphatic heterocycles. The van der Waals surface area contributed by atoms with Crippen LogP contribution in [0.3, 0.4) is 0 Å². The molecule has 0 spiro atoms. The molecule has 1 heterocycles. The van der Waals surface area contributed by atoms with E-state index in [4.69, 9.17) is 9.29 Å². The average molecular weight is 535 g/mol. The number of hydrogen-bond donors (Lipinski definition) is 2. The van der Waals surface area contributed by atoms with Crippen molar-refractivity contribution < 1.29 is 67.4 Å². The van der Waals surface area contributed by atoms with Gasteiger partial charge in [-0.25, -0.2) is 4.79 Å². The van der Waals surface area contributed by atoms with E-state index in [9.17, 15) is 43.9 Å². The molecule has 3 unspecified atom stereocenters. The molecule has 200 valence electrons. The molecular formula is C17H24F7NO8S. The Morgan fingerprint density at radius 2 is 1.68 bits per heavy atom. The summed E-state index contributed by atoms with van der Waals surface area (Å²) in [6.45, 7) is -1.43. The van der Waals surface area contributed by atoms with Crippen molar-refractivity contribution in [1.82, 2.24) is 5.32 Å². The van der Waals surface area contributed by atoms with E-state index >= 15 is 0 Å². The molecule has 17 heteroatoms. The second-order valence-electron chi connectivity index (χ2n) is 7.67. The number of carbonyl (C=O) groups excluding carboxylic acids is 1. The first kappa shape index (κ1) is 29.0. The fraction of sp³-hybridized carbons (Fsp3) is 0.941. The molecule has 9 nitrogen and oxygen atoms in total. The standard InChI is InChI=1S/C17H24F7NO8S/c1-2-30-13(26)15(16(20,21)22,31-9-8-14(18,19)17(23,24)34(27,28)29)33-12-11(32-12)25-10-6-4-3-5-7-10/h10-12,25H,2-9H2,1H3,(H,27,28,29). The van der Waals surface area contributed by atoms with E-state index in [1.165, 1.54) is 0 Å². The zero-order chi connectivity index (χ0) is 26.0. The predicted octanol–water partition coefficient (Wildman–Crippen LogP) is 2.95. The van der Waals surface area contributed by atoms with Gasteiger partial charge in [-0.15, -0.1) is 0 Å². The molecule has 2 aliphatic rings. The van der Waals surface area contributed by atoms with Crippen LogP contribution in [-0.2, 0) is 33.9 Å². The second kappa shape index (κ2) is 10.4. The van der Waals surface area contributed by atoms with Crippen LogP contribution in [0.2, 0.25) is 0 Å². The lowest BCUT2D eigenvalue weighted by molar-refractivity contribution is -0.378. The van der Waals surface area contributed by atoms with Gasteiger partial charge in [-0.3, -0.25) is 14.6 Å². The minimum atomic E-state index is -6.62. The van der Waals surface area contributed by atoms with Crippen LogP contribution in [-0.4, -0.2) is 73.9 Å². The van der Waals surface area contributed by atoms with Crippen LogP contribution < -0.4 is 5.32 Å². The molecular weight excluding hydrogens is 511 g/mol. The Morgan fingerprint density at radius 1 is 1.09 bits per heavy atom. The summed E-state index contributed by atoms with van der Waals surface area (Å²) < 4.78 is 143. The van der Waals surface area contributed by atoms with Crippen molar-refractivity contribution >= 4 is 16.1 Å². The van der Waals surface area contributed by atoms with Gasteiger partial charge in [0.05, 0.1) is 13.2 Å². The number of carbonyl (C=O) groups is 1. The maximum absolute atomic E-state index is 13.9. The highest BCUT2D eigenvalue weighted by atomic mass is 32.2. The number of esters is 1. The van der Waals surface area contributed by atoms with Gasteiger partial charge in [-0.1, -0.05) is 19.3 Å². The summed E-state index contributed by atoms with van der Waals surface area (Å²) >= 11 is 0. The van der Waals surface area contributed by atoms with Crippen LogP contribution >= 0.6 is 0 Å². The zero-order valence-electron chi connectivity index (χ0n) is 17.7. The quantitative estimate of drug-likeness (QED) is 0.128. The SMILES string of the molecule is CCOC(=O)C(OCCC(F)(F)C(F)(F)S(=O)(=O)O)(OC1OC1NC1CCCCC1)C(F)(F)F. The third kappa shape index (κ3) is 6.29. The number of ether oxygens (including phenoxy) is 4. The molecule has 0 amide bonds. The van der Waals surface area contributed by atoms with Gasteiger partial charge in [0, 0.05) is 12.5 Å². The van der Waals surface area contributed by atoms with Gasteiger partial charge in [-0.2, -0.15) is 39.2 Å². The van der Waals surface area contributed by atoms with Crippen molar-refractivity contribution in [1.29, 1.82) is 0 Å². The normalized spacial score (nSPS) is 24.5. The highest BCUT2D eigenvalue weighted by molar-refractivity contribution is 7.87. The van der Waals surface area contributed by atoms with Gasteiger partial charge >= 0.3 is 39.2 Å². The van der Waals surface area contributed by atoms with Crippen molar-refractivity contribution in [2.24, 2.45) is 0 Å². The molecule has 1 aliphatic carbocycles. The van der Waals surface area contributed by atoms with E-state index in [1.807, 2.05) is 0 Å². The molecule has 0 aromatic rings. The van der Waals surface area contributed by atoms with Crippen molar-refractivity contribution in [3.8, 4) is 0 Å². The van der Waals surface area contributed by atoms with Gasteiger partial charge in [0.2, 0.25) is 6.29 Å². The Kier molecular flexibility index (Phi) is 8.84. The van der Waals surface area contributed by atoms with Gasteiger partial charge in [0.1, 0.15) is 0 Å². The molecule has 0 bridgehead atoms. The van der Waals surface area contributed by atoms with E-state index in [2.05, 4.69) is 19.5 Å². The first-order valence-corrected chi connectivity index (χ1v) is 11.6. The van der Waals surface area contributed by atoms with E-state index in [-0.39, 0.29) is 6.04 Å². The number of halogens is 7. The van der Waals surface area contributed by atoms with Crippen LogP contribution in [0.1, 0.15) is 45.4 Å². The summed E-state index contributed by atoms with van der Waals surface area (Å²) in [6.07, 6.45) is -6.74. The van der Waals surface area contributed by atoms with Gasteiger partial charge in [0.25, 0.3) is 0 Å². The number of epoxide rings is 1. The Hall–Kier alpha value is -1.27. The van der Waals surface area contributed by atoms with E-state index in [0.29, 0.717) is 12.8 Å². The maximum Gasteiger partial charge on any atom is 0.455 e. The molecule has 1 saturated heterocycles. The molecule has 2 rings (SSSR count). The highest BCUT2D eigenvalue weighted by Gasteiger charge is 2.70. The van der Waals surface area contributed by atoms with Crippen molar-refractivity contribution in [3.05, 3.63) is 0 Å². The lowest BCUT2D eigenvalue weighted by Crippen LogP contribution is -2.58. The fourth-order valence-corrected chi connectivity index (χ4v) is 3.74. The van der Waals surface area contributed by atoms with E-state index < -0.39 is 71.4 Å². The Bertz CT molecular complexity index is 819. The highest BCUT2D eigenvalue weighted by Crippen LogP contribution is 2.44. The number of nitrogens with one attached hydrogen (secondary N) is 1. The predicted molar refractivity (Wildman–Crippen MR) is 97.2 cm³/mol. The third-order valence-corrected chi connectivity index (χ3v) is 6.07. The van der Waals surface area contributed by atoms with Crippen LogP contribution in [0.4, 0.5) is 30.7 Å². The van der Waals surface area contributed by atoms with E-state index in [1.54, 1.807) is 0 Å². The summed E-state index contributed by atoms with van der Waals surface area (Å²) in [5.74, 6) is -12.1. The minimum absolute atomic E-state index is 0.0995. The Balaban J connectivity index is 2.17. The maximum atomic E-state index is 13.9. The molecule has 0 aromatic carbocycles. The number of rotatable bonds is 12. The molecule has 3 atom stereocenters. The van der Waals surface area contributed by atoms with Crippen molar-refractivity contribution in [3.63, 3.8) is 0 Å². The summed E-state index contributed by atoms with van der Waals surface area (Å²) in [7, 11) is -6.62. The third-order valence-electron chi connectivity index (χ3n) is 5.13. The minimum Gasteiger partial charge on any atom is -0.462 e. The molecule has 1 saturated carbocycles. The summed E-state index contributed by atoms with van der Waals surface area (Å²) in [4.78, 5) is 12.1. The van der Waals surface area contributed by atoms with Crippen LogP contribution in [0.15, 0.2) is 0 Å². The van der Waals surface area contributed by atoms with Crippen LogP contribution in [0.25, 0.3) is 0 Å². The van der Waals surface area contributed by atoms with Gasteiger partial charge in [0.15, 0.2) is 6.23 Å². The fourth-order valence-electron chi connectivity index (χ4n) is 3.26. The van der Waals surface area contributed by atoms with Gasteiger partial charge in [-0.05, 0) is 19.8 Å². The van der Waals surface area contributed by atoms with Crippen LogP contribution in [0, 0.1) is 0 Å². The van der Waals surface area contributed by atoms with Crippen molar-refractivity contribution in [2.45, 2.75) is 87.1 Å². The topological polar surface area (TPSA) is 124 Å². The van der Waals surface area contributed by atoms with E-state index in [0.717, 1.165) is 26.2 Å². The van der Waals surface area contributed by atoms with Gasteiger partial charge < -0.3 is 14.2 Å². The second-order valence-corrected chi connectivity index (χ2v) is 9.14. The van der Waals surface area contributed by atoms with Crippen molar-refractivity contribution in [2.75, 3.05) is 13.2 Å². The zero-order valence-corrected chi connectivity index (χ0v) is 18.6. The monoisotopic (exact) mass is 535 g/mol. The number of hydrogen-bond acceptors (Lipinski definition) is 8. The molecule has 34 heavy (non-hydrogen) atoms. The van der Waals surface area contributed by atoms with Crippen LogP contribution in [0.5, 0.6) is 0 Å².